The van der Waals surface area contributed by atoms with Crippen LogP contribution in [0.3, 0.4) is 0 Å². The molecular weight excluding hydrogens is 410 g/mol. The Morgan fingerprint density at radius 3 is 2.35 bits per heavy atom. The second kappa shape index (κ2) is 8.80. The Morgan fingerprint density at radius 2 is 1.77 bits per heavy atom. The maximum atomic E-state index is 15.5. The molecule has 0 aliphatic heterocycles. The summed E-state index contributed by atoms with van der Waals surface area (Å²) in [5.41, 5.74) is 1.10. The number of methoxy groups -OCH3 is 2. The predicted molar refractivity (Wildman–Crippen MR) is 108 cm³/mol. The van der Waals surface area contributed by atoms with Gasteiger partial charge >= 0.3 is 0 Å². The summed E-state index contributed by atoms with van der Waals surface area (Å²) in [6, 6.07) is 7.70. The van der Waals surface area contributed by atoms with Crippen LogP contribution in [0.5, 0.6) is 5.75 Å². The molecule has 2 amide bonds. The van der Waals surface area contributed by atoms with E-state index in [-0.39, 0.29) is 40.9 Å². The Kier molecular flexibility index (Phi) is 5.23. The fourth-order valence-corrected chi connectivity index (χ4v) is 3.92. The number of hydrazine groups is 2. The van der Waals surface area contributed by atoms with Gasteiger partial charge in [0.15, 0.2) is 0 Å². The van der Waals surface area contributed by atoms with Crippen molar-refractivity contribution in [2.24, 2.45) is 11.7 Å². The van der Waals surface area contributed by atoms with Crippen LogP contribution in [0.2, 0.25) is 0 Å². The summed E-state index contributed by atoms with van der Waals surface area (Å²) in [6.45, 7) is 0. The fraction of sp³-hybridized carbons (Fsp3) is 0.238. The molecule has 3 rings (SSSR count). The van der Waals surface area contributed by atoms with E-state index in [9.17, 15) is 9.59 Å². The zero-order chi connectivity index (χ0) is 25.3. The first-order chi connectivity index (χ1) is 16.0. The molecular formula is C21H22F2N4O4. The molecule has 0 heterocycles. The number of halogens is 2. The first kappa shape index (κ1) is 18.4. The molecule has 0 saturated carbocycles. The van der Waals surface area contributed by atoms with Gasteiger partial charge in [-0.25, -0.2) is 20.5 Å². The Bertz CT molecular complexity index is 1150. The maximum absolute atomic E-state index is 15.5. The van der Waals surface area contributed by atoms with E-state index in [0.29, 0.717) is 0 Å². The number of benzene rings is 2. The smallest absolute Gasteiger partial charge is 0.264 e. The van der Waals surface area contributed by atoms with Crippen molar-refractivity contribution in [1.29, 1.82) is 0 Å². The lowest BCUT2D eigenvalue weighted by Crippen LogP contribution is -2.42. The summed E-state index contributed by atoms with van der Waals surface area (Å²) in [5, 5.41) is 0. The number of nitrogens with two attached hydrogens (primary N) is 2. The monoisotopic (exact) mass is 435 g/mol. The van der Waals surface area contributed by atoms with Gasteiger partial charge < -0.3 is 9.47 Å². The van der Waals surface area contributed by atoms with Crippen LogP contribution in [0.25, 0.3) is 11.1 Å². The third-order valence-corrected chi connectivity index (χ3v) is 5.28. The van der Waals surface area contributed by atoms with E-state index in [4.69, 9.17) is 25.3 Å². The highest BCUT2D eigenvalue weighted by atomic mass is 19.1. The average molecular weight is 435 g/mol. The van der Waals surface area contributed by atoms with Crippen LogP contribution in [-0.2, 0) is 19.9 Å². The van der Waals surface area contributed by atoms with Crippen LogP contribution in [0.15, 0.2) is 47.5 Å². The molecule has 0 bridgehead atoms. The second-order valence-electron chi connectivity index (χ2n) is 6.78. The van der Waals surface area contributed by atoms with Gasteiger partial charge in [0.2, 0.25) is 0 Å². The lowest BCUT2D eigenvalue weighted by Gasteiger charge is -2.31. The summed E-state index contributed by atoms with van der Waals surface area (Å²) >= 11 is 0. The molecule has 2 aromatic carbocycles. The highest BCUT2D eigenvalue weighted by molar-refractivity contribution is 6.06. The minimum atomic E-state index is -2.70. The zero-order valence-electron chi connectivity index (χ0n) is 19.4. The Hall–Kier alpha value is -3.34. The molecule has 6 N–H and O–H groups in total. The molecule has 1 aliphatic carbocycles. The van der Waals surface area contributed by atoms with Gasteiger partial charge in [-0.3, -0.25) is 20.4 Å². The van der Waals surface area contributed by atoms with Gasteiger partial charge in [-0.05, 0) is 48.2 Å². The molecule has 10 heteroatoms. The number of rotatable bonds is 6. The molecule has 0 radical (unpaired) electrons. The van der Waals surface area contributed by atoms with Crippen LogP contribution in [0, 0.1) is 11.6 Å². The van der Waals surface area contributed by atoms with E-state index < -0.39 is 41.7 Å². The van der Waals surface area contributed by atoms with Gasteiger partial charge in [-0.2, -0.15) is 0 Å². The van der Waals surface area contributed by atoms with E-state index in [2.05, 4.69) is 0 Å². The van der Waals surface area contributed by atoms with Crippen molar-refractivity contribution < 1.29 is 32.0 Å². The summed E-state index contributed by atoms with van der Waals surface area (Å²) in [6.07, 6.45) is -0.196. The second-order valence-corrected chi connectivity index (χ2v) is 6.78. The summed E-state index contributed by atoms with van der Waals surface area (Å²) in [5.74, 6) is 6.52. The van der Waals surface area contributed by atoms with E-state index in [1.807, 2.05) is 10.9 Å². The minimum Gasteiger partial charge on any atom is -0.497 e. The largest absolute Gasteiger partial charge is 0.497 e. The average Bonchev–Trinajstić information content (AvgIpc) is 3.17. The van der Waals surface area contributed by atoms with Crippen molar-refractivity contribution >= 4 is 11.8 Å². The van der Waals surface area contributed by atoms with Gasteiger partial charge in [0, 0.05) is 12.7 Å². The number of carbonyl (C=O) groups is 2. The summed E-state index contributed by atoms with van der Waals surface area (Å²) in [4.78, 5) is 24.8. The van der Waals surface area contributed by atoms with Crippen molar-refractivity contribution in [2.75, 3.05) is 14.1 Å². The minimum absolute atomic E-state index is 0.0196. The van der Waals surface area contributed by atoms with E-state index in [1.54, 1.807) is 0 Å². The summed E-state index contributed by atoms with van der Waals surface area (Å²) in [7, 11) is -1.55. The highest BCUT2D eigenvalue weighted by Gasteiger charge is 2.50. The van der Waals surface area contributed by atoms with Gasteiger partial charge in [-0.15, -0.1) is 0 Å². The Balaban J connectivity index is 2.15. The molecule has 8 nitrogen and oxygen atoms in total. The molecule has 0 spiro atoms. The third-order valence-electron chi connectivity index (χ3n) is 5.28. The molecule has 1 atom stereocenters. The number of carbonyl (C=O) groups excluding carboxylic acids is 2. The quantitative estimate of drug-likeness (QED) is 0.310. The number of hydrogen-bond donors (Lipinski definition) is 4. The van der Waals surface area contributed by atoms with Crippen molar-refractivity contribution in [2.45, 2.75) is 18.4 Å². The summed E-state index contributed by atoms with van der Waals surface area (Å²) < 4.78 is 62.8. The van der Waals surface area contributed by atoms with Gasteiger partial charge in [0.25, 0.3) is 11.8 Å². The Labute approximate surface area is 181 Å². The molecule has 0 fully saturated rings. The first-order valence-electron chi connectivity index (χ1n) is 10.6. The van der Waals surface area contributed by atoms with Gasteiger partial charge in [0.05, 0.1) is 22.3 Å². The zero-order valence-corrected chi connectivity index (χ0v) is 16.4. The SMILES string of the molecule is [2H]C([2H])([2H])Oc1cccc(-c2cc(F)c(C3(OC)CCC(C(=O)NN)=C3C(=O)NN)c(F)c2)c1. The number of hydrogen-bond acceptors (Lipinski definition) is 6. The van der Waals surface area contributed by atoms with Crippen LogP contribution in [0.4, 0.5) is 8.78 Å². The molecule has 0 saturated heterocycles. The van der Waals surface area contributed by atoms with Crippen molar-refractivity contribution in [3.63, 3.8) is 0 Å². The number of nitrogens with one attached hydrogen (secondary N) is 2. The number of amides is 2. The molecule has 0 aromatic heterocycles. The van der Waals surface area contributed by atoms with Crippen LogP contribution in [0.1, 0.15) is 22.5 Å². The van der Waals surface area contributed by atoms with Crippen LogP contribution < -0.4 is 27.3 Å². The Morgan fingerprint density at radius 1 is 1.10 bits per heavy atom. The molecule has 2 aromatic rings. The van der Waals surface area contributed by atoms with Gasteiger partial charge in [0.1, 0.15) is 23.0 Å². The lowest BCUT2D eigenvalue weighted by molar-refractivity contribution is -0.122. The topological polar surface area (TPSA) is 129 Å². The molecule has 1 unspecified atom stereocenters. The highest BCUT2D eigenvalue weighted by Crippen LogP contribution is 2.48. The normalized spacial score (nSPS) is 20.0. The molecule has 31 heavy (non-hydrogen) atoms. The third kappa shape index (κ3) is 3.76. The van der Waals surface area contributed by atoms with Crippen molar-refractivity contribution in [3.8, 4) is 16.9 Å². The van der Waals surface area contributed by atoms with E-state index >= 15 is 8.78 Å². The fourth-order valence-electron chi connectivity index (χ4n) is 3.92. The van der Waals surface area contributed by atoms with Crippen LogP contribution >= 0.6 is 0 Å². The van der Waals surface area contributed by atoms with Crippen molar-refractivity contribution in [1.82, 2.24) is 10.9 Å². The maximum Gasteiger partial charge on any atom is 0.264 e. The number of ether oxygens (including phenoxy) is 2. The predicted octanol–water partition coefficient (Wildman–Crippen LogP) is 1.55. The van der Waals surface area contributed by atoms with Crippen LogP contribution in [-0.4, -0.2) is 26.0 Å². The van der Waals surface area contributed by atoms with Crippen molar-refractivity contribution in [3.05, 3.63) is 64.7 Å². The molecule has 1 aliphatic rings. The standard InChI is InChI=1S/C21H22F2N4O4/c1-30-13-5-3-4-11(8-13)12-9-15(22)18(16(23)10-12)21(31-2)7-6-14(19(28)26-24)17(21)20(29)27-25/h3-5,8-10H,6-7,24-25H2,1-2H3,(H,26,28)(H,27,29)/i1D3. The van der Waals surface area contributed by atoms with E-state index in [0.717, 1.165) is 19.2 Å². The lowest BCUT2D eigenvalue weighted by atomic mass is 9.84. The van der Waals surface area contributed by atoms with E-state index in [1.165, 1.54) is 24.3 Å². The first-order valence-corrected chi connectivity index (χ1v) is 9.07. The molecule has 164 valence electrons. The van der Waals surface area contributed by atoms with Gasteiger partial charge in [-0.1, -0.05) is 12.1 Å².